The Bertz CT molecular complexity index is 363. The van der Waals surface area contributed by atoms with Crippen molar-refractivity contribution in [3.63, 3.8) is 0 Å². The molecule has 102 valence electrons. The van der Waals surface area contributed by atoms with Crippen LogP contribution in [0.25, 0.3) is 0 Å². The fraction of sp³-hybridized carbons (Fsp3) is 0.778. The minimum absolute atomic E-state index is 0.102. The first-order valence-corrected chi connectivity index (χ1v) is 5.95. The predicted octanol–water partition coefficient (Wildman–Crippen LogP) is 1.56. The smallest absolute Gasteiger partial charge is 0.415 e. The molecule has 2 rings (SSSR count). The molecule has 3 atom stereocenters. The second-order valence-corrected chi connectivity index (χ2v) is 5.10. The van der Waals surface area contributed by atoms with E-state index in [1.165, 1.54) is 0 Å². The van der Waals surface area contributed by atoms with Crippen LogP contribution in [0.5, 0.6) is 0 Å². The minimum atomic E-state index is -3.98. The number of rotatable bonds is 5. The average Bonchev–Trinajstić information content (AvgIpc) is 2.85. The zero-order valence-electron chi connectivity index (χ0n) is 9.01. The summed E-state index contributed by atoms with van der Waals surface area (Å²) in [6.45, 7) is 0. The molecule has 0 radical (unpaired) electrons. The maximum atomic E-state index is 13.1. The fourth-order valence-corrected chi connectivity index (χ4v) is 2.66. The Morgan fingerprint density at radius 2 is 2.17 bits per heavy atom. The Morgan fingerprint density at radius 3 is 2.67 bits per heavy atom. The summed E-state index contributed by atoms with van der Waals surface area (Å²) >= 11 is -0.656. The molecule has 2 bridgehead atoms. The number of Topliss-reactive ketones (excluding diaryl/α,β-unsaturated/α-hetero) is 1. The van der Waals surface area contributed by atoms with Crippen LogP contribution < -0.4 is 0 Å². The molecule has 0 spiro atoms. The van der Waals surface area contributed by atoms with Gasteiger partial charge in [0.2, 0.25) is 0 Å². The molecule has 0 aliphatic heterocycles. The van der Waals surface area contributed by atoms with Crippen LogP contribution in [-0.4, -0.2) is 28.4 Å². The second kappa shape index (κ2) is 5.08. The Morgan fingerprint density at radius 1 is 1.44 bits per heavy atom. The van der Waals surface area contributed by atoms with E-state index in [2.05, 4.69) is 14.1 Å². The van der Waals surface area contributed by atoms with Crippen molar-refractivity contribution in [2.45, 2.75) is 30.6 Å². The SMILES string of the molecule is O=C1CC2CC1CC2OC(=O)C(F)(F)SOOO. The highest BCUT2D eigenvalue weighted by Gasteiger charge is 2.51. The van der Waals surface area contributed by atoms with E-state index in [1.807, 2.05) is 0 Å². The molecule has 9 heteroatoms. The molecule has 0 aromatic heterocycles. The van der Waals surface area contributed by atoms with Gasteiger partial charge in [-0.2, -0.15) is 8.78 Å². The van der Waals surface area contributed by atoms with Crippen molar-refractivity contribution < 1.29 is 37.7 Å². The van der Waals surface area contributed by atoms with Crippen LogP contribution in [0, 0.1) is 11.8 Å². The number of ether oxygens (including phenoxy) is 1. The van der Waals surface area contributed by atoms with Crippen molar-refractivity contribution in [3.8, 4) is 0 Å². The number of alkyl halides is 2. The van der Waals surface area contributed by atoms with Gasteiger partial charge in [-0.15, -0.1) is 4.33 Å². The summed E-state index contributed by atoms with van der Waals surface area (Å²) in [6, 6.07) is 0. The van der Waals surface area contributed by atoms with Crippen LogP contribution in [0.3, 0.4) is 0 Å². The lowest BCUT2D eigenvalue weighted by Gasteiger charge is -2.23. The molecule has 18 heavy (non-hydrogen) atoms. The molecular weight excluding hydrogens is 274 g/mol. The van der Waals surface area contributed by atoms with Gasteiger partial charge in [-0.25, -0.2) is 10.1 Å². The molecule has 0 heterocycles. The third kappa shape index (κ3) is 2.63. The maximum absolute atomic E-state index is 13.1. The monoisotopic (exact) mass is 284 g/mol. The molecular formula is C9H10F2O6S. The highest BCUT2D eigenvalue weighted by molar-refractivity contribution is 7.96. The lowest BCUT2D eigenvalue weighted by molar-refractivity contribution is -0.433. The largest absolute Gasteiger partial charge is 0.457 e. The van der Waals surface area contributed by atoms with Gasteiger partial charge in [0.25, 0.3) is 0 Å². The topological polar surface area (TPSA) is 82.1 Å². The van der Waals surface area contributed by atoms with E-state index >= 15 is 0 Å². The van der Waals surface area contributed by atoms with Crippen molar-refractivity contribution in [3.05, 3.63) is 0 Å². The van der Waals surface area contributed by atoms with Crippen molar-refractivity contribution in [2.75, 3.05) is 0 Å². The number of halogens is 2. The van der Waals surface area contributed by atoms with Crippen LogP contribution in [0.4, 0.5) is 8.78 Å². The first-order valence-electron chi connectivity index (χ1n) is 5.21. The molecule has 0 saturated heterocycles. The molecule has 2 aliphatic carbocycles. The number of carbonyl (C=O) groups excluding carboxylic acids is 2. The summed E-state index contributed by atoms with van der Waals surface area (Å²) in [4.78, 5) is 22.4. The van der Waals surface area contributed by atoms with Crippen molar-refractivity contribution in [1.29, 1.82) is 0 Å². The quantitative estimate of drug-likeness (QED) is 0.355. The van der Waals surface area contributed by atoms with E-state index in [9.17, 15) is 18.4 Å². The van der Waals surface area contributed by atoms with Crippen LogP contribution in [-0.2, 0) is 23.7 Å². The average molecular weight is 284 g/mol. The number of carbonyl (C=O) groups is 2. The van der Waals surface area contributed by atoms with Gasteiger partial charge in [-0.05, 0) is 12.8 Å². The number of hydrogen-bond acceptors (Lipinski definition) is 7. The van der Waals surface area contributed by atoms with E-state index in [0.29, 0.717) is 12.8 Å². The van der Waals surface area contributed by atoms with Gasteiger partial charge < -0.3 is 4.74 Å². The molecule has 2 aliphatic rings. The standard InChI is InChI=1S/C9H10F2O6S/c10-9(11,18-17-16-14)8(13)15-7-3-4-1-5(7)2-6(4)12/h4-5,7,14H,1-3H2. The first kappa shape index (κ1) is 13.7. The molecule has 2 saturated carbocycles. The Balaban J connectivity index is 1.87. The second-order valence-electron chi connectivity index (χ2n) is 4.29. The summed E-state index contributed by atoms with van der Waals surface area (Å²) in [7, 11) is 0. The third-order valence-corrected chi connectivity index (χ3v) is 3.72. The van der Waals surface area contributed by atoms with E-state index in [1.54, 1.807) is 0 Å². The highest BCUT2D eigenvalue weighted by atomic mass is 32.2. The van der Waals surface area contributed by atoms with Crippen LogP contribution >= 0.6 is 12.0 Å². The third-order valence-electron chi connectivity index (χ3n) is 3.21. The zero-order chi connectivity index (χ0) is 13.3. The van der Waals surface area contributed by atoms with Gasteiger partial charge in [0.05, 0.1) is 0 Å². The Hall–Kier alpha value is -0.770. The molecule has 0 aromatic carbocycles. The van der Waals surface area contributed by atoms with Crippen LogP contribution in [0.2, 0.25) is 0 Å². The summed E-state index contributed by atoms with van der Waals surface area (Å²) < 4.78 is 34.4. The Kier molecular flexibility index (Phi) is 3.85. The number of esters is 1. The number of ketones is 1. The maximum Gasteiger partial charge on any atom is 0.415 e. The lowest BCUT2D eigenvalue weighted by atomic mass is 9.96. The van der Waals surface area contributed by atoms with Crippen molar-refractivity contribution in [2.24, 2.45) is 11.8 Å². The van der Waals surface area contributed by atoms with E-state index in [-0.39, 0.29) is 24.0 Å². The van der Waals surface area contributed by atoms with E-state index in [4.69, 9.17) is 5.26 Å². The van der Waals surface area contributed by atoms with E-state index in [0.717, 1.165) is 0 Å². The summed E-state index contributed by atoms with van der Waals surface area (Å²) in [5.74, 6) is -2.01. The zero-order valence-corrected chi connectivity index (χ0v) is 9.82. The normalized spacial score (nSPS) is 30.8. The molecule has 3 unspecified atom stereocenters. The fourth-order valence-electron chi connectivity index (χ4n) is 2.43. The summed E-state index contributed by atoms with van der Waals surface area (Å²) in [5, 5.41) is 6.76. The highest BCUT2D eigenvalue weighted by Crippen LogP contribution is 2.44. The molecule has 0 amide bonds. The van der Waals surface area contributed by atoms with Crippen LogP contribution in [0.15, 0.2) is 0 Å². The van der Waals surface area contributed by atoms with Gasteiger partial charge in [0.1, 0.15) is 23.9 Å². The molecule has 6 nitrogen and oxygen atoms in total. The van der Waals surface area contributed by atoms with E-state index < -0.39 is 29.4 Å². The van der Waals surface area contributed by atoms with Crippen molar-refractivity contribution in [1.82, 2.24) is 0 Å². The Labute approximate surface area is 105 Å². The molecule has 2 fully saturated rings. The number of fused-ring (bicyclic) bond motifs is 2. The van der Waals surface area contributed by atoms with Gasteiger partial charge in [-0.3, -0.25) is 4.79 Å². The minimum Gasteiger partial charge on any atom is -0.457 e. The predicted molar refractivity (Wildman–Crippen MR) is 53.1 cm³/mol. The van der Waals surface area contributed by atoms with Gasteiger partial charge in [-0.1, -0.05) is 5.04 Å². The van der Waals surface area contributed by atoms with Crippen LogP contribution in [0.1, 0.15) is 19.3 Å². The van der Waals surface area contributed by atoms with Gasteiger partial charge in [0, 0.05) is 18.3 Å². The first-order chi connectivity index (χ1) is 8.44. The summed E-state index contributed by atoms with van der Waals surface area (Å²) in [6.07, 6.45) is 0.512. The van der Waals surface area contributed by atoms with Gasteiger partial charge in [0.15, 0.2) is 0 Å². The molecule has 0 aromatic rings. The number of hydrogen-bond donors (Lipinski definition) is 1. The molecule has 1 N–H and O–H groups in total. The van der Waals surface area contributed by atoms with Gasteiger partial charge >= 0.3 is 11.2 Å². The summed E-state index contributed by atoms with van der Waals surface area (Å²) in [5.41, 5.74) is 0. The van der Waals surface area contributed by atoms with Crippen molar-refractivity contribution >= 4 is 23.8 Å². The lowest BCUT2D eigenvalue weighted by Crippen LogP contribution is -2.34.